The second-order valence-electron chi connectivity index (χ2n) is 6.44. The number of methoxy groups -OCH3 is 2. The molecule has 0 aliphatic heterocycles. The van der Waals surface area contributed by atoms with Crippen LogP contribution in [0.2, 0.25) is 18.1 Å². The van der Waals surface area contributed by atoms with Gasteiger partial charge in [0.1, 0.15) is 17.2 Å². The lowest BCUT2D eigenvalue weighted by atomic mass is 10.1. The Morgan fingerprint density at radius 2 is 1.71 bits per heavy atom. The smallest absolute Gasteiger partial charge is 0.249 e. The van der Waals surface area contributed by atoms with Gasteiger partial charge in [0.25, 0.3) is 0 Å². The summed E-state index contributed by atoms with van der Waals surface area (Å²) in [6, 6.07) is 3.28. The zero-order chi connectivity index (χ0) is 16.3. The maximum atomic E-state index is 10.1. The molecular formula is C16H26O4Si. The van der Waals surface area contributed by atoms with Gasteiger partial charge in [-0.1, -0.05) is 20.8 Å². The molecule has 0 bridgehead atoms. The Bertz CT molecular complexity index is 516. The van der Waals surface area contributed by atoms with Gasteiger partial charge in [0.05, 0.1) is 26.0 Å². The van der Waals surface area contributed by atoms with E-state index in [9.17, 15) is 5.11 Å². The molecule has 0 saturated heterocycles. The van der Waals surface area contributed by atoms with Crippen molar-refractivity contribution in [2.75, 3.05) is 14.2 Å². The molecule has 0 fully saturated rings. The van der Waals surface area contributed by atoms with Gasteiger partial charge in [0, 0.05) is 12.1 Å². The van der Waals surface area contributed by atoms with Gasteiger partial charge in [-0.3, -0.25) is 0 Å². The first-order valence-corrected chi connectivity index (χ1v) is 9.82. The van der Waals surface area contributed by atoms with Crippen molar-refractivity contribution in [1.29, 1.82) is 0 Å². The molecule has 0 unspecified atom stereocenters. The largest absolute Gasteiger partial charge is 0.549 e. The SMILES string of the molecule is COc1cc(O)c(C=CO[Si](C)(C)C(C)(C)C)c(OC)c1. The molecular weight excluding hydrogens is 284 g/mol. The standard InChI is InChI=1S/C16H26O4Si/c1-16(2,3)21(6,7)20-9-8-13-14(17)10-12(18-4)11-15(13)19-5/h8-11,17H,1-7H3. The van der Waals surface area contributed by atoms with Crippen LogP contribution >= 0.6 is 0 Å². The zero-order valence-electron chi connectivity index (χ0n) is 14.0. The quantitative estimate of drug-likeness (QED) is 0.647. The molecule has 0 aliphatic rings. The molecule has 1 aromatic rings. The summed E-state index contributed by atoms with van der Waals surface area (Å²) in [5.74, 6) is 1.19. The van der Waals surface area contributed by atoms with E-state index < -0.39 is 8.32 Å². The van der Waals surface area contributed by atoms with Gasteiger partial charge in [0.15, 0.2) is 0 Å². The van der Waals surface area contributed by atoms with Gasteiger partial charge in [-0.15, -0.1) is 0 Å². The molecule has 1 N–H and O–H groups in total. The summed E-state index contributed by atoms with van der Waals surface area (Å²) in [6.45, 7) is 10.9. The average Bonchev–Trinajstić information content (AvgIpc) is 2.38. The third-order valence-electron chi connectivity index (χ3n) is 3.95. The topological polar surface area (TPSA) is 47.9 Å². The highest BCUT2D eigenvalue weighted by atomic mass is 28.4. The molecule has 0 atom stereocenters. The van der Waals surface area contributed by atoms with Crippen LogP contribution in [0.4, 0.5) is 0 Å². The number of ether oxygens (including phenoxy) is 2. The zero-order valence-corrected chi connectivity index (χ0v) is 15.0. The monoisotopic (exact) mass is 310 g/mol. The molecule has 0 heterocycles. The van der Waals surface area contributed by atoms with Crippen LogP contribution in [0, 0.1) is 0 Å². The predicted octanol–water partition coefficient (Wildman–Crippen LogP) is 4.40. The highest BCUT2D eigenvalue weighted by molar-refractivity contribution is 6.74. The Balaban J connectivity index is 3.01. The van der Waals surface area contributed by atoms with E-state index >= 15 is 0 Å². The molecule has 0 aromatic heterocycles. The fraction of sp³-hybridized carbons (Fsp3) is 0.500. The lowest BCUT2D eigenvalue weighted by Gasteiger charge is -2.35. The van der Waals surface area contributed by atoms with Crippen LogP contribution in [0.1, 0.15) is 26.3 Å². The van der Waals surface area contributed by atoms with E-state index in [1.165, 1.54) is 0 Å². The fourth-order valence-electron chi connectivity index (χ4n) is 1.49. The molecule has 0 spiro atoms. The lowest BCUT2D eigenvalue weighted by Crippen LogP contribution is -2.39. The molecule has 0 amide bonds. The van der Waals surface area contributed by atoms with Crippen molar-refractivity contribution >= 4 is 14.4 Å². The Kier molecular flexibility index (Phi) is 5.34. The fourth-order valence-corrected chi connectivity index (χ4v) is 2.25. The molecule has 0 aliphatic carbocycles. The molecule has 21 heavy (non-hydrogen) atoms. The molecule has 1 aromatic carbocycles. The van der Waals surface area contributed by atoms with Crippen molar-refractivity contribution in [3.8, 4) is 17.2 Å². The Labute approximate surface area is 128 Å². The highest BCUT2D eigenvalue weighted by Gasteiger charge is 2.37. The number of hydrogen-bond donors (Lipinski definition) is 1. The van der Waals surface area contributed by atoms with Crippen molar-refractivity contribution < 1.29 is 19.0 Å². The van der Waals surface area contributed by atoms with Gasteiger partial charge < -0.3 is 19.0 Å². The van der Waals surface area contributed by atoms with Crippen molar-refractivity contribution in [1.82, 2.24) is 0 Å². The van der Waals surface area contributed by atoms with Crippen LogP contribution in [-0.2, 0) is 4.43 Å². The first kappa shape index (κ1) is 17.4. The van der Waals surface area contributed by atoms with Crippen molar-refractivity contribution in [3.05, 3.63) is 24.0 Å². The van der Waals surface area contributed by atoms with Crippen LogP contribution in [0.25, 0.3) is 6.08 Å². The molecule has 118 valence electrons. The summed E-state index contributed by atoms with van der Waals surface area (Å²) in [5, 5.41) is 10.2. The van der Waals surface area contributed by atoms with Crippen molar-refractivity contribution in [2.45, 2.75) is 38.9 Å². The minimum atomic E-state index is -1.86. The van der Waals surface area contributed by atoms with Crippen LogP contribution in [-0.4, -0.2) is 27.6 Å². The van der Waals surface area contributed by atoms with Crippen molar-refractivity contribution in [2.24, 2.45) is 0 Å². The van der Waals surface area contributed by atoms with E-state index in [2.05, 4.69) is 33.9 Å². The van der Waals surface area contributed by atoms with Crippen molar-refractivity contribution in [3.63, 3.8) is 0 Å². The van der Waals surface area contributed by atoms with E-state index in [-0.39, 0.29) is 10.8 Å². The number of hydrogen-bond acceptors (Lipinski definition) is 4. The summed E-state index contributed by atoms with van der Waals surface area (Å²) in [6.07, 6.45) is 3.38. The maximum Gasteiger partial charge on any atom is 0.249 e. The number of phenols is 1. The highest BCUT2D eigenvalue weighted by Crippen LogP contribution is 2.38. The molecule has 4 nitrogen and oxygen atoms in total. The number of phenolic OH excluding ortho intramolecular Hbond substituents is 1. The second-order valence-corrected chi connectivity index (χ2v) is 11.2. The molecule has 0 radical (unpaired) electrons. The average molecular weight is 310 g/mol. The van der Waals surface area contributed by atoms with E-state index in [0.29, 0.717) is 17.1 Å². The number of rotatable bonds is 5. The lowest BCUT2D eigenvalue weighted by molar-refractivity contribution is 0.383. The van der Waals surface area contributed by atoms with E-state index in [1.54, 1.807) is 38.7 Å². The van der Waals surface area contributed by atoms with E-state index in [1.807, 2.05) is 0 Å². The van der Waals surface area contributed by atoms with Crippen LogP contribution in [0.3, 0.4) is 0 Å². The van der Waals surface area contributed by atoms with Crippen LogP contribution in [0.5, 0.6) is 17.2 Å². The third-order valence-corrected chi connectivity index (χ3v) is 8.29. The van der Waals surface area contributed by atoms with Crippen LogP contribution < -0.4 is 9.47 Å². The molecule has 1 rings (SSSR count). The number of aromatic hydroxyl groups is 1. The van der Waals surface area contributed by atoms with Gasteiger partial charge >= 0.3 is 0 Å². The first-order chi connectivity index (χ1) is 9.62. The van der Waals surface area contributed by atoms with E-state index in [0.717, 1.165) is 0 Å². The summed E-state index contributed by atoms with van der Waals surface area (Å²) in [7, 11) is 1.25. The molecule has 0 saturated carbocycles. The molecule has 5 heteroatoms. The van der Waals surface area contributed by atoms with Crippen LogP contribution in [0.15, 0.2) is 18.4 Å². The van der Waals surface area contributed by atoms with E-state index in [4.69, 9.17) is 13.9 Å². The van der Waals surface area contributed by atoms with Gasteiger partial charge in [-0.05, 0) is 24.2 Å². The Morgan fingerprint density at radius 1 is 1.10 bits per heavy atom. The first-order valence-electron chi connectivity index (χ1n) is 6.91. The number of benzene rings is 1. The minimum absolute atomic E-state index is 0.0984. The van der Waals surface area contributed by atoms with Gasteiger partial charge in [-0.25, -0.2) is 0 Å². The second kappa shape index (κ2) is 6.43. The van der Waals surface area contributed by atoms with Gasteiger partial charge in [0.2, 0.25) is 8.32 Å². The predicted molar refractivity (Wildman–Crippen MR) is 88.5 cm³/mol. The summed E-state index contributed by atoms with van der Waals surface area (Å²) < 4.78 is 16.4. The Hall–Kier alpha value is -1.62. The normalized spacial score (nSPS) is 12.5. The third kappa shape index (κ3) is 4.17. The summed E-state index contributed by atoms with van der Waals surface area (Å²) in [5.41, 5.74) is 0.581. The summed E-state index contributed by atoms with van der Waals surface area (Å²) in [4.78, 5) is 0. The van der Waals surface area contributed by atoms with Gasteiger partial charge in [-0.2, -0.15) is 0 Å². The minimum Gasteiger partial charge on any atom is -0.549 e. The Morgan fingerprint density at radius 3 is 2.19 bits per heavy atom. The maximum absolute atomic E-state index is 10.1. The summed E-state index contributed by atoms with van der Waals surface area (Å²) >= 11 is 0.